The first kappa shape index (κ1) is 13.4. The van der Waals surface area contributed by atoms with Gasteiger partial charge < -0.3 is 15.5 Å². The van der Waals surface area contributed by atoms with E-state index in [0.717, 1.165) is 58.5 Å². The van der Waals surface area contributed by atoms with Crippen LogP contribution in [0.3, 0.4) is 0 Å². The van der Waals surface area contributed by atoms with E-state index in [-0.39, 0.29) is 10.8 Å². The molecule has 4 nitrogen and oxygen atoms in total. The summed E-state index contributed by atoms with van der Waals surface area (Å²) in [5, 5.41) is 6.57. The molecule has 0 saturated carbocycles. The van der Waals surface area contributed by atoms with Crippen molar-refractivity contribution < 1.29 is 4.79 Å². The monoisotopic (exact) mass is 265 g/mol. The summed E-state index contributed by atoms with van der Waals surface area (Å²) in [6.07, 6.45) is 3.37. The number of likely N-dealkylation sites (tertiary alicyclic amines) is 1. The van der Waals surface area contributed by atoms with Crippen LogP contribution in [-0.4, -0.2) is 50.1 Å². The molecule has 3 fully saturated rings. The van der Waals surface area contributed by atoms with E-state index in [1.807, 2.05) is 0 Å². The summed E-state index contributed by atoms with van der Waals surface area (Å²) in [7, 11) is 0. The summed E-state index contributed by atoms with van der Waals surface area (Å²) in [5.74, 6) is 1.01. The molecule has 1 amide bonds. The van der Waals surface area contributed by atoms with E-state index < -0.39 is 0 Å². The van der Waals surface area contributed by atoms with Crippen LogP contribution in [0.25, 0.3) is 0 Å². The molecular formula is C15H27N3O. The van der Waals surface area contributed by atoms with Gasteiger partial charge in [-0.2, -0.15) is 0 Å². The zero-order chi connectivity index (χ0) is 13.5. The number of nitrogens with one attached hydrogen (secondary N) is 2. The Hall–Kier alpha value is -0.610. The molecule has 0 aromatic rings. The lowest BCUT2D eigenvalue weighted by molar-refractivity contribution is -0.133. The lowest BCUT2D eigenvalue weighted by Gasteiger charge is -2.43. The minimum atomic E-state index is -0.0933. The maximum Gasteiger partial charge on any atom is 0.228 e. The third-order valence-corrected chi connectivity index (χ3v) is 5.49. The molecule has 3 aliphatic rings. The first-order valence-electron chi connectivity index (χ1n) is 7.79. The molecular weight excluding hydrogens is 238 g/mol. The fourth-order valence-corrected chi connectivity index (χ4v) is 4.70. The van der Waals surface area contributed by atoms with Crippen LogP contribution in [-0.2, 0) is 4.79 Å². The third-order valence-electron chi connectivity index (χ3n) is 5.49. The predicted molar refractivity (Wildman–Crippen MR) is 75.9 cm³/mol. The van der Waals surface area contributed by atoms with Gasteiger partial charge in [-0.25, -0.2) is 0 Å². The van der Waals surface area contributed by atoms with Crippen LogP contribution in [0, 0.1) is 16.7 Å². The van der Waals surface area contributed by atoms with Gasteiger partial charge in [-0.3, -0.25) is 4.79 Å². The van der Waals surface area contributed by atoms with Crippen molar-refractivity contribution in [1.82, 2.24) is 15.5 Å². The van der Waals surface area contributed by atoms with Gasteiger partial charge in [-0.1, -0.05) is 13.8 Å². The van der Waals surface area contributed by atoms with Crippen LogP contribution in [0.5, 0.6) is 0 Å². The van der Waals surface area contributed by atoms with E-state index in [9.17, 15) is 4.79 Å². The first-order valence-corrected chi connectivity index (χ1v) is 7.79. The number of carbonyl (C=O) groups is 1. The van der Waals surface area contributed by atoms with Crippen LogP contribution in [0.1, 0.15) is 33.1 Å². The number of fused-ring (bicyclic) bond motifs is 1. The van der Waals surface area contributed by atoms with Gasteiger partial charge in [0.25, 0.3) is 0 Å². The molecule has 19 heavy (non-hydrogen) atoms. The molecule has 1 unspecified atom stereocenters. The van der Waals surface area contributed by atoms with Crippen molar-refractivity contribution in [2.45, 2.75) is 33.1 Å². The molecule has 108 valence electrons. The number of hydrogen-bond acceptors (Lipinski definition) is 3. The molecule has 4 heteroatoms. The van der Waals surface area contributed by atoms with Crippen molar-refractivity contribution in [3.05, 3.63) is 0 Å². The van der Waals surface area contributed by atoms with Crippen LogP contribution in [0.2, 0.25) is 0 Å². The summed E-state index contributed by atoms with van der Waals surface area (Å²) in [6.45, 7) is 10.8. The summed E-state index contributed by atoms with van der Waals surface area (Å²) < 4.78 is 0. The number of rotatable bonds is 2. The van der Waals surface area contributed by atoms with Crippen LogP contribution in [0.15, 0.2) is 0 Å². The Bertz CT molecular complexity index is 362. The van der Waals surface area contributed by atoms with E-state index in [1.54, 1.807) is 0 Å². The molecule has 0 aliphatic carbocycles. The number of piperidine rings is 1. The maximum atomic E-state index is 12.5. The largest absolute Gasteiger partial charge is 0.356 e. The standard InChI is InChI=1S/C15H27N3O/c1-12(2)9-18-10-14(3-6-16-7-4-14)15(11-18)5-8-17-13(15)19/h12,16H,3-11H2,1-2H3,(H,17,19). The fraction of sp³-hybridized carbons (Fsp3) is 0.933. The second-order valence-corrected chi connectivity index (χ2v) is 7.18. The number of nitrogens with zero attached hydrogens (tertiary/aromatic N) is 1. The second-order valence-electron chi connectivity index (χ2n) is 7.18. The van der Waals surface area contributed by atoms with Gasteiger partial charge in [0.2, 0.25) is 5.91 Å². The lowest BCUT2D eigenvalue weighted by Crippen LogP contribution is -2.51. The van der Waals surface area contributed by atoms with Gasteiger partial charge >= 0.3 is 0 Å². The molecule has 3 heterocycles. The molecule has 1 atom stereocenters. The summed E-state index contributed by atoms with van der Waals surface area (Å²) >= 11 is 0. The van der Waals surface area contributed by atoms with Gasteiger partial charge in [0.05, 0.1) is 5.41 Å². The number of hydrogen-bond donors (Lipinski definition) is 2. The first-order chi connectivity index (χ1) is 9.08. The van der Waals surface area contributed by atoms with Crippen molar-refractivity contribution in [3.8, 4) is 0 Å². The minimum absolute atomic E-state index is 0.0933. The second kappa shape index (κ2) is 4.74. The smallest absolute Gasteiger partial charge is 0.228 e. The Labute approximate surface area is 116 Å². The normalized spacial score (nSPS) is 34.6. The van der Waals surface area contributed by atoms with Crippen LogP contribution < -0.4 is 10.6 Å². The summed E-state index contributed by atoms with van der Waals surface area (Å²) in [4.78, 5) is 15.1. The van der Waals surface area contributed by atoms with E-state index in [0.29, 0.717) is 11.8 Å². The van der Waals surface area contributed by atoms with Crippen molar-refractivity contribution in [1.29, 1.82) is 0 Å². The Morgan fingerprint density at radius 1 is 1.16 bits per heavy atom. The summed E-state index contributed by atoms with van der Waals surface area (Å²) in [6, 6.07) is 0. The van der Waals surface area contributed by atoms with Crippen molar-refractivity contribution in [3.63, 3.8) is 0 Å². The van der Waals surface area contributed by atoms with E-state index in [2.05, 4.69) is 29.4 Å². The van der Waals surface area contributed by atoms with E-state index in [4.69, 9.17) is 0 Å². The van der Waals surface area contributed by atoms with Gasteiger partial charge in [0.15, 0.2) is 0 Å². The number of amides is 1. The zero-order valence-corrected chi connectivity index (χ0v) is 12.3. The molecule has 0 radical (unpaired) electrons. The molecule has 0 aromatic carbocycles. The summed E-state index contributed by atoms with van der Waals surface area (Å²) in [5.41, 5.74) is 0.137. The van der Waals surface area contributed by atoms with Gasteiger partial charge in [0.1, 0.15) is 0 Å². The fourth-order valence-electron chi connectivity index (χ4n) is 4.70. The molecule has 0 aromatic heterocycles. The lowest BCUT2D eigenvalue weighted by atomic mass is 9.60. The molecule has 0 bridgehead atoms. The van der Waals surface area contributed by atoms with Crippen LogP contribution in [0.4, 0.5) is 0 Å². The highest BCUT2D eigenvalue weighted by Crippen LogP contribution is 2.55. The molecule has 3 saturated heterocycles. The van der Waals surface area contributed by atoms with E-state index >= 15 is 0 Å². The third kappa shape index (κ3) is 2.00. The van der Waals surface area contributed by atoms with E-state index in [1.165, 1.54) is 0 Å². The Kier molecular flexibility index (Phi) is 3.34. The van der Waals surface area contributed by atoms with Gasteiger partial charge in [-0.05, 0) is 38.3 Å². The van der Waals surface area contributed by atoms with Crippen molar-refractivity contribution in [2.24, 2.45) is 16.7 Å². The zero-order valence-electron chi connectivity index (χ0n) is 12.3. The van der Waals surface area contributed by atoms with Crippen LogP contribution >= 0.6 is 0 Å². The highest BCUT2D eigenvalue weighted by atomic mass is 16.2. The molecule has 2 N–H and O–H groups in total. The Balaban J connectivity index is 1.88. The molecule has 3 rings (SSSR count). The van der Waals surface area contributed by atoms with Crippen molar-refractivity contribution in [2.75, 3.05) is 39.3 Å². The average Bonchev–Trinajstić information content (AvgIpc) is 2.84. The quantitative estimate of drug-likeness (QED) is 0.777. The molecule has 2 spiro atoms. The molecule has 3 aliphatic heterocycles. The Morgan fingerprint density at radius 3 is 2.47 bits per heavy atom. The highest BCUT2D eigenvalue weighted by Gasteiger charge is 2.62. The average molecular weight is 265 g/mol. The number of carbonyl (C=O) groups excluding carboxylic acids is 1. The van der Waals surface area contributed by atoms with Crippen molar-refractivity contribution >= 4 is 5.91 Å². The minimum Gasteiger partial charge on any atom is -0.356 e. The maximum absolute atomic E-state index is 12.5. The van der Waals surface area contributed by atoms with Gasteiger partial charge in [-0.15, -0.1) is 0 Å². The van der Waals surface area contributed by atoms with Gasteiger partial charge in [0, 0.05) is 31.6 Å². The predicted octanol–water partition coefficient (Wildman–Crippen LogP) is 0.834. The SMILES string of the molecule is CC(C)CN1CC2(CCNCC2)C2(CCNC2=O)C1. The Morgan fingerprint density at radius 2 is 1.89 bits per heavy atom. The topological polar surface area (TPSA) is 44.4 Å². The highest BCUT2D eigenvalue weighted by molar-refractivity contribution is 5.86.